The Kier molecular flexibility index (Phi) is 3.69. The van der Waals surface area contributed by atoms with Gasteiger partial charge in [-0.05, 0) is 39.5 Å². The van der Waals surface area contributed by atoms with E-state index in [0.29, 0.717) is 12.1 Å². The first kappa shape index (κ1) is 13.4. The van der Waals surface area contributed by atoms with Crippen molar-refractivity contribution in [1.82, 2.24) is 4.90 Å². The Morgan fingerprint density at radius 3 is 2.39 bits per heavy atom. The van der Waals surface area contributed by atoms with Crippen LogP contribution in [0.1, 0.15) is 30.9 Å². The molecule has 2 N–H and O–H groups in total. The molecule has 2 nitrogen and oxygen atoms in total. The smallest absolute Gasteiger partial charge is 0.130 e. The molecule has 2 rings (SSSR count). The minimum absolute atomic E-state index is 0.0673. The van der Waals surface area contributed by atoms with E-state index in [0.717, 1.165) is 25.3 Å². The summed E-state index contributed by atoms with van der Waals surface area (Å²) in [6, 6.07) is 3.73. The summed E-state index contributed by atoms with van der Waals surface area (Å²) in [4.78, 5) is 1.99. The van der Waals surface area contributed by atoms with E-state index in [4.69, 9.17) is 5.73 Å². The average molecular weight is 254 g/mol. The lowest BCUT2D eigenvalue weighted by atomic mass is 9.62. The molecule has 1 atom stereocenters. The molecular formula is C14H20F2N2. The Morgan fingerprint density at radius 1 is 1.33 bits per heavy atom. The van der Waals surface area contributed by atoms with Crippen molar-refractivity contribution in [3.8, 4) is 0 Å². The second kappa shape index (κ2) is 4.94. The van der Waals surface area contributed by atoms with Crippen LogP contribution in [0.15, 0.2) is 18.2 Å². The fourth-order valence-electron chi connectivity index (χ4n) is 3.10. The Labute approximate surface area is 107 Å². The molecule has 4 heteroatoms. The SMILES string of the molecule is CN(C)C(c1ccc(F)cc1F)C1(CN)CCC1. The molecule has 100 valence electrons. The summed E-state index contributed by atoms with van der Waals surface area (Å²) in [7, 11) is 3.84. The van der Waals surface area contributed by atoms with Crippen molar-refractivity contribution >= 4 is 0 Å². The number of halogens is 2. The lowest BCUT2D eigenvalue weighted by molar-refractivity contribution is 0.0261. The highest BCUT2D eigenvalue weighted by atomic mass is 19.1. The van der Waals surface area contributed by atoms with Crippen molar-refractivity contribution in [1.29, 1.82) is 0 Å². The Hall–Kier alpha value is -1.00. The number of hydrogen-bond acceptors (Lipinski definition) is 2. The fourth-order valence-corrected chi connectivity index (χ4v) is 3.10. The zero-order valence-electron chi connectivity index (χ0n) is 10.9. The molecule has 0 amide bonds. The molecule has 0 aromatic heterocycles. The van der Waals surface area contributed by atoms with Crippen molar-refractivity contribution in [3.63, 3.8) is 0 Å². The molecule has 1 aliphatic carbocycles. The van der Waals surface area contributed by atoms with E-state index in [1.165, 1.54) is 6.07 Å². The molecule has 1 aromatic carbocycles. The molecule has 1 aliphatic rings. The van der Waals surface area contributed by atoms with Gasteiger partial charge >= 0.3 is 0 Å². The highest BCUT2D eigenvalue weighted by Crippen LogP contribution is 2.51. The molecule has 18 heavy (non-hydrogen) atoms. The van der Waals surface area contributed by atoms with Gasteiger partial charge in [-0.25, -0.2) is 8.78 Å². The number of nitrogens with two attached hydrogens (primary N) is 1. The first-order chi connectivity index (χ1) is 8.50. The van der Waals surface area contributed by atoms with Gasteiger partial charge in [-0.1, -0.05) is 12.5 Å². The van der Waals surface area contributed by atoms with Crippen molar-refractivity contribution < 1.29 is 8.78 Å². The van der Waals surface area contributed by atoms with Gasteiger partial charge in [0.05, 0.1) is 0 Å². The van der Waals surface area contributed by atoms with Gasteiger partial charge in [0.1, 0.15) is 11.6 Å². The summed E-state index contributed by atoms with van der Waals surface area (Å²) in [6.07, 6.45) is 3.14. The standard InChI is InChI=1S/C14H20F2N2/c1-18(2)13(14(9-17)6-3-7-14)11-5-4-10(15)8-12(11)16/h4-5,8,13H,3,6-7,9,17H2,1-2H3. The molecule has 1 saturated carbocycles. The topological polar surface area (TPSA) is 29.3 Å². The van der Waals surface area contributed by atoms with Gasteiger partial charge < -0.3 is 10.6 Å². The molecule has 0 bridgehead atoms. The van der Waals surface area contributed by atoms with Crippen LogP contribution in [-0.2, 0) is 0 Å². The molecule has 1 unspecified atom stereocenters. The maximum Gasteiger partial charge on any atom is 0.130 e. The molecule has 0 saturated heterocycles. The first-order valence-electron chi connectivity index (χ1n) is 6.31. The van der Waals surface area contributed by atoms with Gasteiger partial charge in [0.15, 0.2) is 0 Å². The van der Waals surface area contributed by atoms with E-state index in [1.807, 2.05) is 19.0 Å². The van der Waals surface area contributed by atoms with Crippen LogP contribution in [0.5, 0.6) is 0 Å². The molecular weight excluding hydrogens is 234 g/mol. The third-order valence-corrected chi connectivity index (χ3v) is 4.11. The van der Waals surface area contributed by atoms with Gasteiger partial charge in [-0.3, -0.25) is 0 Å². The monoisotopic (exact) mass is 254 g/mol. The second-order valence-electron chi connectivity index (χ2n) is 5.45. The molecule has 1 aromatic rings. The van der Waals surface area contributed by atoms with Crippen molar-refractivity contribution in [3.05, 3.63) is 35.4 Å². The predicted molar refractivity (Wildman–Crippen MR) is 68.1 cm³/mol. The quantitative estimate of drug-likeness (QED) is 0.895. The largest absolute Gasteiger partial charge is 0.330 e. The van der Waals surface area contributed by atoms with Crippen LogP contribution in [0, 0.1) is 17.0 Å². The second-order valence-corrected chi connectivity index (χ2v) is 5.45. The first-order valence-corrected chi connectivity index (χ1v) is 6.31. The molecule has 0 spiro atoms. The Balaban J connectivity index is 2.41. The van der Waals surface area contributed by atoms with Gasteiger partial charge in [-0.2, -0.15) is 0 Å². The van der Waals surface area contributed by atoms with Gasteiger partial charge in [-0.15, -0.1) is 0 Å². The Morgan fingerprint density at radius 2 is 2.00 bits per heavy atom. The zero-order valence-corrected chi connectivity index (χ0v) is 10.9. The zero-order chi connectivity index (χ0) is 13.3. The van der Waals surface area contributed by atoms with Crippen LogP contribution in [-0.4, -0.2) is 25.5 Å². The minimum Gasteiger partial charge on any atom is -0.330 e. The van der Waals surface area contributed by atoms with Crippen LogP contribution in [0.25, 0.3) is 0 Å². The van der Waals surface area contributed by atoms with Crippen molar-refractivity contribution in [2.75, 3.05) is 20.6 Å². The Bertz CT molecular complexity index is 422. The molecule has 0 heterocycles. The van der Waals surface area contributed by atoms with Crippen molar-refractivity contribution in [2.45, 2.75) is 25.3 Å². The van der Waals surface area contributed by atoms with Crippen molar-refractivity contribution in [2.24, 2.45) is 11.1 Å². The summed E-state index contributed by atoms with van der Waals surface area (Å²) in [6.45, 7) is 0.534. The van der Waals surface area contributed by atoms with E-state index < -0.39 is 11.6 Å². The average Bonchev–Trinajstić information content (AvgIpc) is 2.24. The highest BCUT2D eigenvalue weighted by Gasteiger charge is 2.45. The van der Waals surface area contributed by atoms with Crippen LogP contribution in [0.4, 0.5) is 8.78 Å². The number of hydrogen-bond donors (Lipinski definition) is 1. The van der Waals surface area contributed by atoms with Crippen LogP contribution >= 0.6 is 0 Å². The number of benzene rings is 1. The molecule has 0 aliphatic heterocycles. The summed E-state index contributed by atoms with van der Waals surface area (Å²) in [5.74, 6) is -1.02. The maximum absolute atomic E-state index is 14.0. The molecule has 1 fully saturated rings. The van der Waals surface area contributed by atoms with E-state index in [2.05, 4.69) is 0 Å². The number of rotatable bonds is 4. The van der Waals surface area contributed by atoms with E-state index in [-0.39, 0.29) is 11.5 Å². The van der Waals surface area contributed by atoms with Gasteiger partial charge in [0.25, 0.3) is 0 Å². The summed E-state index contributed by atoms with van der Waals surface area (Å²) in [5.41, 5.74) is 6.38. The van der Waals surface area contributed by atoms with E-state index >= 15 is 0 Å². The summed E-state index contributed by atoms with van der Waals surface area (Å²) >= 11 is 0. The summed E-state index contributed by atoms with van der Waals surface area (Å²) in [5, 5.41) is 0. The lowest BCUT2D eigenvalue weighted by Crippen LogP contribution is -2.47. The third-order valence-electron chi connectivity index (χ3n) is 4.11. The van der Waals surface area contributed by atoms with Gasteiger partial charge in [0.2, 0.25) is 0 Å². The lowest BCUT2D eigenvalue weighted by Gasteiger charge is -2.50. The molecule has 0 radical (unpaired) electrons. The maximum atomic E-state index is 14.0. The van der Waals surface area contributed by atoms with Crippen LogP contribution in [0.3, 0.4) is 0 Å². The van der Waals surface area contributed by atoms with E-state index in [1.54, 1.807) is 6.07 Å². The minimum atomic E-state index is -0.538. The summed E-state index contributed by atoms with van der Waals surface area (Å²) < 4.78 is 27.0. The predicted octanol–water partition coefficient (Wildman–Crippen LogP) is 2.70. The third kappa shape index (κ3) is 2.15. The highest BCUT2D eigenvalue weighted by molar-refractivity contribution is 5.25. The van der Waals surface area contributed by atoms with Crippen LogP contribution < -0.4 is 5.73 Å². The van der Waals surface area contributed by atoms with Crippen LogP contribution in [0.2, 0.25) is 0 Å². The normalized spacial score (nSPS) is 19.7. The van der Waals surface area contributed by atoms with Gasteiger partial charge in [0, 0.05) is 23.1 Å². The number of nitrogens with zero attached hydrogens (tertiary/aromatic N) is 1. The fraction of sp³-hybridized carbons (Fsp3) is 0.571. The van der Waals surface area contributed by atoms with E-state index in [9.17, 15) is 8.78 Å².